The summed E-state index contributed by atoms with van der Waals surface area (Å²) in [6.45, 7) is 5.80. The molecule has 6 atom stereocenters. The van der Waals surface area contributed by atoms with Crippen molar-refractivity contribution in [2.45, 2.75) is 120 Å². The summed E-state index contributed by atoms with van der Waals surface area (Å²) in [6, 6.07) is 4.36. The second-order valence-electron chi connectivity index (χ2n) is 16.5. The molecule has 16 heteroatoms. The van der Waals surface area contributed by atoms with Gasteiger partial charge in [0.1, 0.15) is 28.8 Å². The highest BCUT2D eigenvalue weighted by molar-refractivity contribution is 7.89. The molecule has 0 bridgehead atoms. The van der Waals surface area contributed by atoms with Crippen molar-refractivity contribution in [3.63, 3.8) is 0 Å². The van der Waals surface area contributed by atoms with E-state index in [9.17, 15) is 27.9 Å². The van der Waals surface area contributed by atoms with E-state index in [-0.39, 0.29) is 46.5 Å². The van der Waals surface area contributed by atoms with Crippen molar-refractivity contribution in [3.8, 4) is 11.5 Å². The van der Waals surface area contributed by atoms with E-state index in [0.29, 0.717) is 46.7 Å². The summed E-state index contributed by atoms with van der Waals surface area (Å²) in [7, 11) is -2.39. The predicted molar refractivity (Wildman–Crippen MR) is 211 cm³/mol. The van der Waals surface area contributed by atoms with Crippen molar-refractivity contribution >= 4 is 38.8 Å². The number of methoxy groups -OCH3 is 1. The number of ether oxygens (including phenoxy) is 3. The summed E-state index contributed by atoms with van der Waals surface area (Å²) in [4.78, 5) is 45.8. The van der Waals surface area contributed by atoms with Crippen LogP contribution in [0.4, 0.5) is 9.18 Å². The first-order valence-corrected chi connectivity index (χ1v) is 21.6. The van der Waals surface area contributed by atoms with Gasteiger partial charge >= 0.3 is 6.09 Å². The molecule has 56 heavy (non-hydrogen) atoms. The number of hydrogen-bond acceptors (Lipinski definition) is 11. The second-order valence-corrected chi connectivity index (χ2v) is 18.3. The number of pyridine rings is 1. The molecule has 312 valence electrons. The summed E-state index contributed by atoms with van der Waals surface area (Å²) in [6.07, 6.45) is 8.93. The number of aliphatic hydroxyl groups excluding tert-OH is 1. The van der Waals surface area contributed by atoms with E-state index in [1.165, 1.54) is 4.90 Å². The summed E-state index contributed by atoms with van der Waals surface area (Å²) < 4.78 is 60.1. The van der Waals surface area contributed by atoms with E-state index in [4.69, 9.17) is 19.2 Å². The molecule has 4 aliphatic rings. The van der Waals surface area contributed by atoms with Gasteiger partial charge in [0.25, 0.3) is 5.91 Å². The van der Waals surface area contributed by atoms with Crippen LogP contribution >= 0.6 is 0 Å². The number of allylic oxidation sites excluding steroid dienone is 1. The second kappa shape index (κ2) is 16.8. The maximum Gasteiger partial charge on any atom is 0.407 e. The number of benzene rings is 1. The Morgan fingerprint density at radius 2 is 1.93 bits per heavy atom. The molecule has 0 radical (unpaired) electrons. The maximum atomic E-state index is 16.5. The number of nitrogens with one attached hydrogen (secondary N) is 3. The molecule has 1 aromatic carbocycles. The number of carbonyl (C=O) groups is 3. The number of aliphatic hydroxyl groups is 1. The third-order valence-corrected chi connectivity index (χ3v) is 11.7. The zero-order valence-electron chi connectivity index (χ0n) is 32.9. The number of alkyl halides is 1. The molecule has 14 nitrogen and oxygen atoms in total. The zero-order valence-corrected chi connectivity index (χ0v) is 33.8. The maximum absolute atomic E-state index is 16.5. The van der Waals surface area contributed by atoms with Crippen molar-refractivity contribution in [2.24, 2.45) is 11.8 Å². The first kappa shape index (κ1) is 41.6. The lowest BCUT2D eigenvalue weighted by molar-refractivity contribution is -0.132. The molecule has 1 spiro atoms. The number of aromatic nitrogens is 1. The van der Waals surface area contributed by atoms with Gasteiger partial charge in [-0.05, 0) is 69.6 Å². The standard InChI is InChI=1S/C40H56FN5O9S.2H2/c1-24(2)21-54-38(50)42-25(3)11-9-7-6-8-10-12-27-18-40(27,37(49)45-56(5,51)52)44-36(48)32-20-39(22-46(32)23-47)19-30(41)33-29-17-28(53-4)15-16-31(29)43-34(26-13-14-26)35(33)55-39;;/h10,12,15-17,24-27,30,32,47H,6-9,11,13-14,18-23H2,1-5H3,(H,42,50)(H,44,48)(H,45,49);2*1H/b12-10-;;/t25-,27-,30-,32+,39-,40-;;/m1../s1. The normalized spacial score (nSPS) is 26.5. The van der Waals surface area contributed by atoms with Crippen LogP contribution in [0.25, 0.3) is 10.9 Å². The molecule has 2 saturated carbocycles. The number of halogens is 1. The van der Waals surface area contributed by atoms with Crippen molar-refractivity contribution in [2.75, 3.05) is 33.2 Å². The molecule has 3 amide bonds. The highest BCUT2D eigenvalue weighted by Crippen LogP contribution is 2.55. The highest BCUT2D eigenvalue weighted by Gasteiger charge is 2.62. The van der Waals surface area contributed by atoms with Crippen LogP contribution in [0.15, 0.2) is 30.4 Å². The molecule has 3 heterocycles. The minimum absolute atomic E-state index is 0. The largest absolute Gasteiger partial charge is 0.497 e. The van der Waals surface area contributed by atoms with Gasteiger partial charge in [-0.15, -0.1) is 0 Å². The number of hydrogen-bond donors (Lipinski definition) is 4. The van der Waals surface area contributed by atoms with Gasteiger partial charge in [-0.2, -0.15) is 0 Å². The Morgan fingerprint density at radius 1 is 1.16 bits per heavy atom. The van der Waals surface area contributed by atoms with Gasteiger partial charge < -0.3 is 30.0 Å². The summed E-state index contributed by atoms with van der Waals surface area (Å²) in [5.74, 6) is -0.531. The highest BCUT2D eigenvalue weighted by atomic mass is 32.2. The van der Waals surface area contributed by atoms with Crippen molar-refractivity contribution in [1.82, 2.24) is 25.2 Å². The number of carbonyl (C=O) groups excluding carboxylic acids is 3. The fourth-order valence-corrected chi connectivity index (χ4v) is 8.56. The number of alkyl carbamates (subject to hydrolysis) is 1. The molecule has 1 aromatic heterocycles. The Labute approximate surface area is 331 Å². The molecule has 2 aliphatic heterocycles. The van der Waals surface area contributed by atoms with Gasteiger partial charge in [-0.3, -0.25) is 19.2 Å². The Kier molecular flexibility index (Phi) is 12.5. The molecular formula is C40H60FN5O9S. The topological polar surface area (TPSA) is 185 Å². The fourth-order valence-electron chi connectivity index (χ4n) is 8.04. The quantitative estimate of drug-likeness (QED) is 0.119. The number of fused-ring (bicyclic) bond motifs is 3. The molecule has 3 fully saturated rings. The summed E-state index contributed by atoms with van der Waals surface area (Å²) >= 11 is 0. The van der Waals surface area contributed by atoms with Crippen LogP contribution in [0.3, 0.4) is 0 Å². The number of likely N-dealkylation sites (tertiary alicyclic amines) is 1. The summed E-state index contributed by atoms with van der Waals surface area (Å²) in [5.41, 5.74) is -0.912. The molecular weight excluding hydrogens is 746 g/mol. The van der Waals surface area contributed by atoms with E-state index in [1.54, 1.807) is 19.2 Å². The molecule has 0 unspecified atom stereocenters. The number of amides is 3. The first-order valence-electron chi connectivity index (χ1n) is 19.7. The van der Waals surface area contributed by atoms with Crippen LogP contribution in [-0.4, -0.2) is 97.8 Å². The Morgan fingerprint density at radius 3 is 2.61 bits per heavy atom. The lowest BCUT2D eigenvalue weighted by Gasteiger charge is -2.38. The average Bonchev–Trinajstić information content (AvgIpc) is 4.06. The molecule has 2 aliphatic carbocycles. The lowest BCUT2D eigenvalue weighted by Crippen LogP contribution is -2.55. The van der Waals surface area contributed by atoms with Crippen LogP contribution < -0.4 is 24.8 Å². The molecule has 6 rings (SSSR count). The minimum atomic E-state index is -3.94. The zero-order chi connectivity index (χ0) is 40.4. The van der Waals surface area contributed by atoms with Crippen molar-refractivity contribution in [3.05, 3.63) is 41.6 Å². The van der Waals surface area contributed by atoms with Crippen LogP contribution in [0.2, 0.25) is 0 Å². The van der Waals surface area contributed by atoms with E-state index < -0.39 is 63.9 Å². The van der Waals surface area contributed by atoms with Crippen LogP contribution in [-0.2, 0) is 24.3 Å². The average molecular weight is 806 g/mol. The van der Waals surface area contributed by atoms with E-state index in [1.807, 2.05) is 43.7 Å². The monoisotopic (exact) mass is 805 g/mol. The van der Waals surface area contributed by atoms with Gasteiger partial charge in [0, 0.05) is 51.1 Å². The minimum Gasteiger partial charge on any atom is -0.497 e. The third-order valence-electron chi connectivity index (χ3n) is 11.2. The van der Waals surface area contributed by atoms with Gasteiger partial charge in [-0.25, -0.2) is 22.6 Å². The molecule has 2 aromatic rings. The number of nitrogens with zero attached hydrogens (tertiary/aromatic N) is 2. The summed E-state index contributed by atoms with van der Waals surface area (Å²) in [5, 5.41) is 16.7. The predicted octanol–water partition coefficient (Wildman–Crippen LogP) is 5.40. The third kappa shape index (κ3) is 9.56. The first-order chi connectivity index (χ1) is 26.6. The van der Waals surface area contributed by atoms with Crippen LogP contribution in [0.1, 0.15) is 111 Å². The van der Waals surface area contributed by atoms with Gasteiger partial charge in [0.2, 0.25) is 15.9 Å². The van der Waals surface area contributed by atoms with Gasteiger partial charge in [-0.1, -0.05) is 38.8 Å². The number of sulfonamides is 1. The van der Waals surface area contributed by atoms with E-state index in [0.717, 1.165) is 44.8 Å². The fraction of sp³-hybridized carbons (Fsp3) is 0.650. The Bertz CT molecular complexity index is 1950. The van der Waals surface area contributed by atoms with Crippen LogP contribution in [0, 0.1) is 11.8 Å². The Balaban J connectivity index is 0.00000372. The lowest BCUT2D eigenvalue weighted by atomic mass is 9.85. The molecule has 4 N–H and O–H groups in total. The van der Waals surface area contributed by atoms with Gasteiger partial charge in [0.15, 0.2) is 0 Å². The Hall–Kier alpha value is -4.02. The SMILES string of the molecule is COc1ccc2nc(C3CC3)c3c(c2c1)[C@H](F)C[C@]1(C[C@@H](C(=O)N[C@]2(C(=O)NS(C)(=O)=O)C[C@H]2/C=C\CCCCC[C@@H](C)NC(=O)OCC(C)C)N(CO)C1)O3.[HH].[HH]. The van der Waals surface area contributed by atoms with E-state index >= 15 is 4.39 Å². The number of rotatable bonds is 17. The van der Waals surface area contributed by atoms with Crippen molar-refractivity contribution in [1.29, 1.82) is 0 Å². The van der Waals surface area contributed by atoms with Crippen molar-refractivity contribution < 1.29 is 49.4 Å². The van der Waals surface area contributed by atoms with Crippen LogP contribution in [0.5, 0.6) is 11.5 Å². The van der Waals surface area contributed by atoms with E-state index in [2.05, 4.69) is 10.6 Å². The molecule has 1 saturated heterocycles. The van der Waals surface area contributed by atoms with Gasteiger partial charge in [0.05, 0.1) is 44.0 Å². The smallest absolute Gasteiger partial charge is 0.407 e. The number of unbranched alkanes of at least 4 members (excludes halogenated alkanes) is 3.